The third kappa shape index (κ3) is 3.22. The third-order valence-electron chi connectivity index (χ3n) is 4.01. The van der Waals surface area contributed by atoms with Crippen LogP contribution in [0.15, 0.2) is 12.3 Å². The molecule has 5 nitrogen and oxygen atoms in total. The molecule has 0 amide bonds. The van der Waals surface area contributed by atoms with E-state index in [0.717, 1.165) is 38.4 Å². The fourth-order valence-corrected chi connectivity index (χ4v) is 2.49. The maximum atomic E-state index is 12.5. The highest BCUT2D eigenvalue weighted by molar-refractivity contribution is 5.87. The van der Waals surface area contributed by atoms with Gasteiger partial charge in [-0.05, 0) is 26.3 Å². The van der Waals surface area contributed by atoms with Crippen LogP contribution in [0.2, 0.25) is 0 Å². The Balaban J connectivity index is 1.92. The maximum Gasteiger partial charge on any atom is 0.152 e. The Labute approximate surface area is 114 Å². The zero-order chi connectivity index (χ0) is 13.9. The molecule has 5 heteroatoms. The largest absolute Gasteiger partial charge is 0.379 e. The smallest absolute Gasteiger partial charge is 0.152 e. The quantitative estimate of drug-likeness (QED) is 0.798. The summed E-state index contributed by atoms with van der Waals surface area (Å²) in [5, 5.41) is 4.13. The lowest BCUT2D eigenvalue weighted by atomic mass is 9.92. The molecule has 0 bridgehead atoms. The highest BCUT2D eigenvalue weighted by Gasteiger charge is 2.34. The summed E-state index contributed by atoms with van der Waals surface area (Å²) in [6.07, 6.45) is 3.08. The second kappa shape index (κ2) is 5.84. The lowest BCUT2D eigenvalue weighted by Gasteiger charge is -2.39. The van der Waals surface area contributed by atoms with Gasteiger partial charge in [0.25, 0.3) is 0 Å². The van der Waals surface area contributed by atoms with Crippen molar-refractivity contribution >= 4 is 5.78 Å². The molecule has 1 aliphatic rings. The summed E-state index contributed by atoms with van der Waals surface area (Å²) in [5.41, 5.74) is 0.702. The minimum absolute atomic E-state index is 0.288. The Kier molecular flexibility index (Phi) is 4.37. The van der Waals surface area contributed by atoms with Gasteiger partial charge in [-0.15, -0.1) is 0 Å². The molecule has 2 rings (SSSR count). The second-order valence-electron chi connectivity index (χ2n) is 5.53. The number of ketones is 1. The van der Waals surface area contributed by atoms with E-state index >= 15 is 0 Å². The van der Waals surface area contributed by atoms with E-state index < -0.39 is 5.54 Å². The number of aryl methyl sites for hydroxylation is 2. The van der Waals surface area contributed by atoms with Crippen molar-refractivity contribution in [1.82, 2.24) is 14.7 Å². The molecule has 1 aliphatic heterocycles. The second-order valence-corrected chi connectivity index (χ2v) is 5.53. The molecule has 0 spiro atoms. The van der Waals surface area contributed by atoms with Crippen LogP contribution in [0.25, 0.3) is 0 Å². The molecule has 19 heavy (non-hydrogen) atoms. The van der Waals surface area contributed by atoms with Crippen LogP contribution in [0.4, 0.5) is 0 Å². The van der Waals surface area contributed by atoms with E-state index in [0.29, 0.717) is 6.42 Å². The predicted octanol–water partition coefficient (Wildman–Crippen LogP) is 1.03. The summed E-state index contributed by atoms with van der Waals surface area (Å²) in [6.45, 7) is 7.15. The summed E-state index contributed by atoms with van der Waals surface area (Å²) in [7, 11) is 1.91. The van der Waals surface area contributed by atoms with Gasteiger partial charge in [-0.1, -0.05) is 0 Å². The molecule has 1 aromatic rings. The molecule has 0 unspecified atom stereocenters. The van der Waals surface area contributed by atoms with Crippen molar-refractivity contribution in [2.75, 3.05) is 26.3 Å². The molecule has 0 aliphatic carbocycles. The molecule has 0 saturated carbocycles. The minimum Gasteiger partial charge on any atom is -0.379 e. The van der Waals surface area contributed by atoms with Crippen molar-refractivity contribution in [1.29, 1.82) is 0 Å². The molecule has 0 N–H and O–H groups in total. The number of morpholine rings is 1. The van der Waals surface area contributed by atoms with E-state index in [9.17, 15) is 4.79 Å². The number of rotatable bonds is 5. The molecular formula is C14H23N3O2. The van der Waals surface area contributed by atoms with Gasteiger partial charge in [-0.3, -0.25) is 14.4 Å². The topological polar surface area (TPSA) is 47.4 Å². The molecule has 1 saturated heterocycles. The van der Waals surface area contributed by atoms with Crippen LogP contribution in [0.1, 0.15) is 26.0 Å². The summed E-state index contributed by atoms with van der Waals surface area (Å²) >= 11 is 0. The van der Waals surface area contributed by atoms with Gasteiger partial charge in [-0.2, -0.15) is 5.10 Å². The van der Waals surface area contributed by atoms with Crippen molar-refractivity contribution in [3.8, 4) is 0 Å². The van der Waals surface area contributed by atoms with Gasteiger partial charge >= 0.3 is 0 Å². The molecule has 0 radical (unpaired) electrons. The molecule has 106 valence electrons. The lowest BCUT2D eigenvalue weighted by molar-refractivity contribution is -0.132. The Morgan fingerprint density at radius 3 is 2.68 bits per heavy atom. The fraction of sp³-hybridized carbons (Fsp3) is 0.714. The van der Waals surface area contributed by atoms with Crippen LogP contribution in [0.3, 0.4) is 0 Å². The van der Waals surface area contributed by atoms with Crippen LogP contribution in [0.5, 0.6) is 0 Å². The summed E-state index contributed by atoms with van der Waals surface area (Å²) < 4.78 is 7.17. The van der Waals surface area contributed by atoms with Gasteiger partial charge < -0.3 is 4.74 Å². The molecular weight excluding hydrogens is 242 g/mol. The Morgan fingerprint density at radius 2 is 2.11 bits per heavy atom. The van der Waals surface area contributed by atoms with Gasteiger partial charge in [0.1, 0.15) is 0 Å². The number of Topliss-reactive ketones (excluding diaryl/α,β-unsaturated/α-hetero) is 1. The van der Waals surface area contributed by atoms with Crippen LogP contribution >= 0.6 is 0 Å². The minimum atomic E-state index is -0.400. The molecule has 0 atom stereocenters. The van der Waals surface area contributed by atoms with Crippen molar-refractivity contribution in [2.24, 2.45) is 7.05 Å². The number of carbonyl (C=O) groups is 1. The Bertz CT molecular complexity index is 434. The van der Waals surface area contributed by atoms with E-state index in [2.05, 4.69) is 10.00 Å². The molecule has 2 heterocycles. The maximum absolute atomic E-state index is 12.5. The van der Waals surface area contributed by atoms with Gasteiger partial charge in [0, 0.05) is 38.4 Å². The number of hydrogen-bond acceptors (Lipinski definition) is 4. The van der Waals surface area contributed by atoms with E-state index in [1.165, 1.54) is 0 Å². The highest BCUT2D eigenvalue weighted by atomic mass is 16.5. The van der Waals surface area contributed by atoms with Crippen LogP contribution < -0.4 is 0 Å². The number of ether oxygens (including phenoxy) is 1. The summed E-state index contributed by atoms with van der Waals surface area (Å²) in [6, 6.07) is 1.97. The Hall–Kier alpha value is -1.20. The third-order valence-corrected chi connectivity index (χ3v) is 4.01. The van der Waals surface area contributed by atoms with Gasteiger partial charge in [-0.25, -0.2) is 0 Å². The normalized spacial score (nSPS) is 17.6. The SMILES string of the molecule is Cn1nccc1CCC(=O)C(C)(C)N1CCOCC1. The van der Waals surface area contributed by atoms with Crippen molar-refractivity contribution in [3.05, 3.63) is 18.0 Å². The molecule has 1 fully saturated rings. The monoisotopic (exact) mass is 265 g/mol. The predicted molar refractivity (Wildman–Crippen MR) is 73.0 cm³/mol. The van der Waals surface area contributed by atoms with E-state index in [4.69, 9.17) is 4.74 Å². The highest BCUT2D eigenvalue weighted by Crippen LogP contribution is 2.20. The zero-order valence-corrected chi connectivity index (χ0v) is 12.1. The summed E-state index contributed by atoms with van der Waals surface area (Å²) in [5.74, 6) is 0.288. The first-order valence-corrected chi connectivity index (χ1v) is 6.85. The standard InChI is InChI=1S/C14H23N3O2/c1-14(2,17-8-10-19-11-9-17)13(18)5-4-12-6-7-15-16(12)3/h6-7H,4-5,8-11H2,1-3H3. The first kappa shape index (κ1) is 14.2. The lowest BCUT2D eigenvalue weighted by Crippen LogP contribution is -2.54. The van der Waals surface area contributed by atoms with E-state index in [1.807, 2.05) is 31.6 Å². The van der Waals surface area contributed by atoms with Crippen molar-refractivity contribution < 1.29 is 9.53 Å². The number of carbonyl (C=O) groups excluding carboxylic acids is 1. The van der Waals surface area contributed by atoms with Crippen molar-refractivity contribution in [2.45, 2.75) is 32.2 Å². The molecule has 0 aromatic carbocycles. The first-order valence-electron chi connectivity index (χ1n) is 6.85. The van der Waals surface area contributed by atoms with Crippen LogP contribution in [0, 0.1) is 0 Å². The fourth-order valence-electron chi connectivity index (χ4n) is 2.49. The van der Waals surface area contributed by atoms with Gasteiger partial charge in [0.2, 0.25) is 0 Å². The first-order chi connectivity index (χ1) is 9.01. The van der Waals surface area contributed by atoms with Gasteiger partial charge in [0.05, 0.1) is 18.8 Å². The van der Waals surface area contributed by atoms with Crippen LogP contribution in [-0.2, 0) is 23.0 Å². The number of hydrogen-bond donors (Lipinski definition) is 0. The van der Waals surface area contributed by atoms with Crippen LogP contribution in [-0.4, -0.2) is 52.3 Å². The van der Waals surface area contributed by atoms with E-state index in [-0.39, 0.29) is 5.78 Å². The summed E-state index contributed by atoms with van der Waals surface area (Å²) in [4.78, 5) is 14.7. The average Bonchev–Trinajstić information content (AvgIpc) is 2.82. The Morgan fingerprint density at radius 1 is 1.42 bits per heavy atom. The number of nitrogens with zero attached hydrogens (tertiary/aromatic N) is 3. The number of aromatic nitrogens is 2. The zero-order valence-electron chi connectivity index (χ0n) is 12.1. The van der Waals surface area contributed by atoms with Gasteiger partial charge in [0.15, 0.2) is 5.78 Å². The molecule has 1 aromatic heterocycles. The van der Waals surface area contributed by atoms with Crippen molar-refractivity contribution in [3.63, 3.8) is 0 Å². The van der Waals surface area contributed by atoms with E-state index in [1.54, 1.807) is 6.20 Å². The average molecular weight is 265 g/mol.